The summed E-state index contributed by atoms with van der Waals surface area (Å²) in [6, 6.07) is 0.175. The van der Waals surface area contributed by atoms with Crippen LogP contribution in [0.2, 0.25) is 0 Å². The summed E-state index contributed by atoms with van der Waals surface area (Å²) < 4.78 is 24.9. The summed E-state index contributed by atoms with van der Waals surface area (Å²) in [5.74, 6) is 0.815. The van der Waals surface area contributed by atoms with Gasteiger partial charge in [-0.25, -0.2) is 8.42 Å². The third kappa shape index (κ3) is 4.01. The standard InChI is InChI=1S/C12H22N4O2S/c1-3-5-13-12(7-11-8-16(2)15-14-11)10-4-6-19(17,18)9-10/h8,10,12-13H,3-7,9H2,1-2H3. The molecule has 1 aromatic heterocycles. The SMILES string of the molecule is CCCNC(Cc1cn(C)nn1)C1CCS(=O)(=O)C1. The number of hydrogen-bond donors (Lipinski definition) is 1. The van der Waals surface area contributed by atoms with Crippen LogP contribution >= 0.6 is 0 Å². The second-order valence-electron chi connectivity index (χ2n) is 5.31. The Morgan fingerprint density at radius 3 is 2.89 bits per heavy atom. The molecule has 19 heavy (non-hydrogen) atoms. The largest absolute Gasteiger partial charge is 0.313 e. The predicted octanol–water partition coefficient (Wildman–Crippen LogP) is 0.161. The Morgan fingerprint density at radius 1 is 1.58 bits per heavy atom. The number of aromatic nitrogens is 3. The van der Waals surface area contributed by atoms with Crippen molar-refractivity contribution in [2.45, 2.75) is 32.2 Å². The highest BCUT2D eigenvalue weighted by Crippen LogP contribution is 2.23. The monoisotopic (exact) mass is 286 g/mol. The average Bonchev–Trinajstić information content (AvgIpc) is 2.90. The molecule has 0 radical (unpaired) electrons. The maximum atomic E-state index is 11.6. The quantitative estimate of drug-likeness (QED) is 0.806. The Hall–Kier alpha value is -0.950. The van der Waals surface area contributed by atoms with Crippen molar-refractivity contribution in [1.82, 2.24) is 20.3 Å². The number of rotatable bonds is 6. The van der Waals surface area contributed by atoms with E-state index < -0.39 is 9.84 Å². The molecule has 1 N–H and O–H groups in total. The van der Waals surface area contributed by atoms with E-state index >= 15 is 0 Å². The van der Waals surface area contributed by atoms with Crippen molar-refractivity contribution in [1.29, 1.82) is 0 Å². The molecule has 0 saturated carbocycles. The van der Waals surface area contributed by atoms with Gasteiger partial charge in [-0.05, 0) is 25.3 Å². The molecule has 0 aliphatic carbocycles. The molecule has 1 aliphatic rings. The molecule has 1 fully saturated rings. The van der Waals surface area contributed by atoms with Crippen molar-refractivity contribution in [3.8, 4) is 0 Å². The van der Waals surface area contributed by atoms with Gasteiger partial charge in [-0.1, -0.05) is 12.1 Å². The van der Waals surface area contributed by atoms with Crippen molar-refractivity contribution in [2.75, 3.05) is 18.1 Å². The third-order valence-electron chi connectivity index (χ3n) is 3.57. The summed E-state index contributed by atoms with van der Waals surface area (Å²) in [4.78, 5) is 0. The first-order chi connectivity index (χ1) is 9.00. The van der Waals surface area contributed by atoms with Gasteiger partial charge in [0.15, 0.2) is 9.84 Å². The van der Waals surface area contributed by atoms with Crippen LogP contribution in [-0.2, 0) is 23.3 Å². The summed E-state index contributed by atoms with van der Waals surface area (Å²) in [5.41, 5.74) is 0.917. The lowest BCUT2D eigenvalue weighted by Gasteiger charge is -2.23. The van der Waals surface area contributed by atoms with E-state index in [9.17, 15) is 8.42 Å². The molecule has 0 spiro atoms. The molecule has 7 heteroatoms. The average molecular weight is 286 g/mol. The number of aryl methyl sites for hydroxylation is 1. The summed E-state index contributed by atoms with van der Waals surface area (Å²) in [7, 11) is -0.996. The summed E-state index contributed by atoms with van der Waals surface area (Å²) in [6.45, 7) is 3.01. The number of nitrogens with zero attached hydrogens (tertiary/aromatic N) is 3. The van der Waals surface area contributed by atoms with Crippen LogP contribution in [-0.4, -0.2) is 47.5 Å². The molecule has 108 valence electrons. The molecule has 2 unspecified atom stereocenters. The fourth-order valence-electron chi connectivity index (χ4n) is 2.59. The van der Waals surface area contributed by atoms with Crippen LogP contribution in [0.25, 0.3) is 0 Å². The van der Waals surface area contributed by atoms with Crippen LogP contribution < -0.4 is 5.32 Å². The maximum absolute atomic E-state index is 11.6. The minimum Gasteiger partial charge on any atom is -0.313 e. The molecular formula is C12H22N4O2S. The zero-order valence-electron chi connectivity index (χ0n) is 11.5. The highest BCUT2D eigenvalue weighted by atomic mass is 32.2. The molecule has 1 aliphatic heterocycles. The van der Waals surface area contributed by atoms with Crippen molar-refractivity contribution < 1.29 is 8.42 Å². The Morgan fingerprint density at radius 2 is 2.37 bits per heavy atom. The van der Waals surface area contributed by atoms with E-state index in [0.29, 0.717) is 11.5 Å². The maximum Gasteiger partial charge on any atom is 0.150 e. The Labute approximate surface area is 114 Å². The fourth-order valence-corrected chi connectivity index (χ4v) is 4.47. The van der Waals surface area contributed by atoms with E-state index in [1.165, 1.54) is 0 Å². The zero-order chi connectivity index (χ0) is 13.9. The molecule has 0 amide bonds. The van der Waals surface area contributed by atoms with E-state index in [0.717, 1.165) is 31.5 Å². The van der Waals surface area contributed by atoms with Gasteiger partial charge in [-0.2, -0.15) is 0 Å². The fraction of sp³-hybridized carbons (Fsp3) is 0.833. The van der Waals surface area contributed by atoms with E-state index in [4.69, 9.17) is 0 Å². The number of nitrogens with one attached hydrogen (secondary N) is 1. The van der Waals surface area contributed by atoms with E-state index in [1.54, 1.807) is 4.68 Å². The molecule has 2 rings (SSSR count). The first kappa shape index (κ1) is 14.5. The van der Waals surface area contributed by atoms with Gasteiger partial charge in [0.1, 0.15) is 0 Å². The summed E-state index contributed by atoms with van der Waals surface area (Å²) in [6.07, 6.45) is 4.43. The van der Waals surface area contributed by atoms with Gasteiger partial charge in [0.25, 0.3) is 0 Å². The van der Waals surface area contributed by atoms with Gasteiger partial charge in [-0.3, -0.25) is 4.68 Å². The lowest BCUT2D eigenvalue weighted by Crippen LogP contribution is -2.39. The van der Waals surface area contributed by atoms with Crippen LogP contribution in [0.1, 0.15) is 25.5 Å². The molecule has 2 atom stereocenters. The van der Waals surface area contributed by atoms with Gasteiger partial charge in [0, 0.05) is 25.7 Å². The smallest absolute Gasteiger partial charge is 0.150 e. The normalized spacial score (nSPS) is 23.6. The highest BCUT2D eigenvalue weighted by Gasteiger charge is 2.33. The van der Waals surface area contributed by atoms with Crippen LogP contribution in [0.4, 0.5) is 0 Å². The van der Waals surface area contributed by atoms with E-state index in [1.807, 2.05) is 13.2 Å². The van der Waals surface area contributed by atoms with Gasteiger partial charge in [0.05, 0.1) is 17.2 Å². The molecule has 6 nitrogen and oxygen atoms in total. The van der Waals surface area contributed by atoms with E-state index in [2.05, 4.69) is 22.6 Å². The lowest BCUT2D eigenvalue weighted by molar-refractivity contribution is 0.376. The topological polar surface area (TPSA) is 76.9 Å². The van der Waals surface area contributed by atoms with Crippen LogP contribution in [0.3, 0.4) is 0 Å². The van der Waals surface area contributed by atoms with Crippen LogP contribution in [0.5, 0.6) is 0 Å². The minimum absolute atomic E-state index is 0.175. The first-order valence-electron chi connectivity index (χ1n) is 6.79. The van der Waals surface area contributed by atoms with Gasteiger partial charge >= 0.3 is 0 Å². The van der Waals surface area contributed by atoms with Gasteiger partial charge in [-0.15, -0.1) is 5.10 Å². The molecule has 0 aromatic carbocycles. The highest BCUT2D eigenvalue weighted by molar-refractivity contribution is 7.91. The Kier molecular flexibility index (Phi) is 4.57. The van der Waals surface area contributed by atoms with Crippen molar-refractivity contribution in [3.05, 3.63) is 11.9 Å². The molecule has 1 aromatic rings. The van der Waals surface area contributed by atoms with Gasteiger partial charge in [0.2, 0.25) is 0 Å². The van der Waals surface area contributed by atoms with Crippen LogP contribution in [0, 0.1) is 5.92 Å². The van der Waals surface area contributed by atoms with Crippen molar-refractivity contribution in [2.24, 2.45) is 13.0 Å². The minimum atomic E-state index is -2.83. The van der Waals surface area contributed by atoms with Crippen LogP contribution in [0.15, 0.2) is 6.20 Å². The second-order valence-corrected chi connectivity index (χ2v) is 7.54. The number of sulfone groups is 1. The first-order valence-corrected chi connectivity index (χ1v) is 8.61. The van der Waals surface area contributed by atoms with Crippen molar-refractivity contribution in [3.63, 3.8) is 0 Å². The van der Waals surface area contributed by atoms with Crippen molar-refractivity contribution >= 4 is 9.84 Å². The Balaban J connectivity index is 2.03. The lowest BCUT2D eigenvalue weighted by atomic mass is 9.95. The third-order valence-corrected chi connectivity index (χ3v) is 5.37. The zero-order valence-corrected chi connectivity index (χ0v) is 12.4. The molecule has 1 saturated heterocycles. The predicted molar refractivity (Wildman–Crippen MR) is 73.5 cm³/mol. The van der Waals surface area contributed by atoms with Gasteiger partial charge < -0.3 is 5.32 Å². The van der Waals surface area contributed by atoms with E-state index in [-0.39, 0.29) is 12.0 Å². The molecule has 0 bridgehead atoms. The second kappa shape index (κ2) is 6.00. The number of hydrogen-bond acceptors (Lipinski definition) is 5. The summed E-state index contributed by atoms with van der Waals surface area (Å²) in [5, 5.41) is 11.5. The molecular weight excluding hydrogens is 264 g/mol. The molecule has 2 heterocycles. The summed E-state index contributed by atoms with van der Waals surface area (Å²) >= 11 is 0. The Bertz CT molecular complexity index is 512.